The van der Waals surface area contributed by atoms with E-state index in [0.717, 1.165) is 48.1 Å². The van der Waals surface area contributed by atoms with Gasteiger partial charge in [0.05, 0.1) is 40.3 Å². The Morgan fingerprint density at radius 3 is 2.72 bits per heavy atom. The topological polar surface area (TPSA) is 131 Å². The quantitative estimate of drug-likeness (QED) is 0.465. The van der Waals surface area contributed by atoms with Crippen LogP contribution in [0.5, 0.6) is 5.88 Å². The molecule has 2 aliphatic rings. The maximum absolute atomic E-state index is 13.4. The average molecular weight is 551 g/mol. The third kappa shape index (κ3) is 5.74. The molecule has 1 aromatic carbocycles. The molecule has 0 saturated carbocycles. The van der Waals surface area contributed by atoms with Gasteiger partial charge in [0.1, 0.15) is 5.56 Å². The lowest BCUT2D eigenvalue weighted by molar-refractivity contribution is -0.146. The molecule has 2 fully saturated rings. The Bertz CT molecular complexity index is 1410. The Morgan fingerprint density at radius 2 is 1.97 bits per heavy atom. The van der Waals surface area contributed by atoms with Crippen LogP contribution in [0.15, 0.2) is 30.5 Å². The largest absolute Gasteiger partial charge is 0.480 e. The van der Waals surface area contributed by atoms with E-state index >= 15 is 0 Å². The van der Waals surface area contributed by atoms with Crippen LogP contribution in [0.1, 0.15) is 65.5 Å². The van der Waals surface area contributed by atoms with E-state index in [1.165, 1.54) is 30.8 Å². The highest BCUT2D eigenvalue weighted by atomic mass is 32.1. The molecule has 2 aliphatic heterocycles. The van der Waals surface area contributed by atoms with Crippen LogP contribution in [0.4, 0.5) is 5.69 Å². The number of carbonyl (C=O) groups is 3. The average Bonchev–Trinajstić information content (AvgIpc) is 3.36. The van der Waals surface area contributed by atoms with Crippen molar-refractivity contribution in [3.63, 3.8) is 0 Å². The monoisotopic (exact) mass is 550 g/mol. The van der Waals surface area contributed by atoms with Gasteiger partial charge in [0, 0.05) is 19.0 Å². The van der Waals surface area contributed by atoms with Crippen molar-refractivity contribution in [1.82, 2.24) is 19.8 Å². The number of carbonyl (C=O) groups excluding carboxylic acids is 3. The number of methoxy groups -OCH3 is 1. The maximum atomic E-state index is 13.4. The van der Waals surface area contributed by atoms with Crippen molar-refractivity contribution in [3.05, 3.63) is 46.6 Å². The Morgan fingerprint density at radius 1 is 1.15 bits per heavy atom. The van der Waals surface area contributed by atoms with Gasteiger partial charge in [0.2, 0.25) is 5.88 Å². The van der Waals surface area contributed by atoms with E-state index in [1.54, 1.807) is 16.2 Å². The van der Waals surface area contributed by atoms with Gasteiger partial charge in [-0.3, -0.25) is 14.4 Å². The Labute approximate surface area is 231 Å². The van der Waals surface area contributed by atoms with Gasteiger partial charge < -0.3 is 25.6 Å². The van der Waals surface area contributed by atoms with E-state index in [2.05, 4.69) is 47.4 Å². The van der Waals surface area contributed by atoms with Crippen LogP contribution >= 0.6 is 11.3 Å². The van der Waals surface area contributed by atoms with Crippen LogP contribution in [0.3, 0.4) is 0 Å². The number of aromatic nitrogens is 2. The standard InChI is InChI=1S/C28H34N6O4S/c1-16-6-8-22(17-7-9-23-21(11-17)32-27(39-23)18-5-4-10-33(2)15-18)34(14-16)28(37)25(36)31-19-12-20(24(29)35)26(38-3)30-13-19/h7,9,11-13,16,18,22H,4-6,8,10,14-15H2,1-3H3,(H2,29,35)(H,31,36)/t16-,18-,22+/m0/s1. The molecule has 3 atom stereocenters. The summed E-state index contributed by atoms with van der Waals surface area (Å²) in [5, 5.41) is 3.74. The van der Waals surface area contributed by atoms with Crippen LogP contribution in [-0.4, -0.2) is 71.3 Å². The van der Waals surface area contributed by atoms with E-state index in [-0.39, 0.29) is 29.1 Å². The molecule has 0 unspecified atom stereocenters. The number of likely N-dealkylation sites (N-methyl/N-ethyl adjacent to an activating group) is 1. The van der Waals surface area contributed by atoms with Gasteiger partial charge in [0.15, 0.2) is 0 Å². The molecular formula is C28H34N6O4S. The Kier molecular flexibility index (Phi) is 7.81. The van der Waals surface area contributed by atoms with Gasteiger partial charge in [-0.2, -0.15) is 0 Å². The smallest absolute Gasteiger partial charge is 0.313 e. The molecule has 11 heteroatoms. The predicted octanol–water partition coefficient (Wildman–Crippen LogP) is 3.55. The highest BCUT2D eigenvalue weighted by Gasteiger charge is 2.35. The second kappa shape index (κ2) is 11.3. The number of benzene rings is 1. The van der Waals surface area contributed by atoms with E-state index in [4.69, 9.17) is 15.5 Å². The van der Waals surface area contributed by atoms with Gasteiger partial charge in [-0.05, 0) is 69.0 Å². The summed E-state index contributed by atoms with van der Waals surface area (Å²) in [6, 6.07) is 7.35. The highest BCUT2D eigenvalue weighted by Crippen LogP contribution is 2.37. The minimum absolute atomic E-state index is 0.0167. The number of nitrogens with one attached hydrogen (secondary N) is 1. The molecule has 0 bridgehead atoms. The molecular weight excluding hydrogens is 516 g/mol. The molecule has 0 radical (unpaired) electrons. The number of fused-ring (bicyclic) bond motifs is 1. The van der Waals surface area contributed by atoms with Crippen molar-refractivity contribution < 1.29 is 19.1 Å². The molecule has 39 heavy (non-hydrogen) atoms. The number of anilines is 1. The molecule has 0 spiro atoms. The highest BCUT2D eigenvalue weighted by molar-refractivity contribution is 7.18. The zero-order valence-corrected chi connectivity index (χ0v) is 23.3. The summed E-state index contributed by atoms with van der Waals surface area (Å²) in [6.07, 6.45) is 5.36. The molecule has 3 amide bonds. The lowest BCUT2D eigenvalue weighted by atomic mass is 9.89. The molecule has 4 heterocycles. The number of primary amides is 1. The summed E-state index contributed by atoms with van der Waals surface area (Å²) in [5.74, 6) is -1.41. The van der Waals surface area contributed by atoms with Gasteiger partial charge >= 0.3 is 11.8 Å². The fourth-order valence-electron chi connectivity index (χ4n) is 5.61. The van der Waals surface area contributed by atoms with E-state index in [1.807, 2.05) is 0 Å². The molecule has 3 aromatic rings. The maximum Gasteiger partial charge on any atom is 0.313 e. The third-order valence-electron chi connectivity index (χ3n) is 7.63. The van der Waals surface area contributed by atoms with Crippen molar-refractivity contribution in [2.24, 2.45) is 11.7 Å². The first-order valence-electron chi connectivity index (χ1n) is 13.3. The van der Waals surface area contributed by atoms with Crippen molar-refractivity contribution in [2.75, 3.05) is 39.1 Å². The molecule has 2 saturated heterocycles. The number of hydrogen-bond acceptors (Lipinski definition) is 8. The van der Waals surface area contributed by atoms with Gasteiger partial charge in [-0.25, -0.2) is 9.97 Å². The van der Waals surface area contributed by atoms with E-state index < -0.39 is 17.7 Å². The molecule has 206 valence electrons. The molecule has 2 aromatic heterocycles. The SMILES string of the molecule is COc1ncc(NC(=O)C(=O)N2C[C@@H](C)CC[C@@H]2c2ccc3sc([C@H]4CCCN(C)C4)nc3c2)cc1C(N)=O. The number of rotatable bonds is 5. The van der Waals surface area contributed by atoms with Crippen molar-refractivity contribution >= 4 is 45.0 Å². The first-order chi connectivity index (χ1) is 18.7. The lowest BCUT2D eigenvalue weighted by Gasteiger charge is -2.38. The summed E-state index contributed by atoms with van der Waals surface area (Å²) in [6.45, 7) is 4.71. The van der Waals surface area contributed by atoms with Crippen molar-refractivity contribution in [2.45, 2.75) is 44.6 Å². The van der Waals surface area contributed by atoms with E-state index in [0.29, 0.717) is 12.5 Å². The number of thiazole rings is 1. The summed E-state index contributed by atoms with van der Waals surface area (Å²) < 4.78 is 6.19. The minimum Gasteiger partial charge on any atom is -0.480 e. The molecule has 10 nitrogen and oxygen atoms in total. The number of hydrogen-bond donors (Lipinski definition) is 2. The van der Waals surface area contributed by atoms with Crippen LogP contribution < -0.4 is 15.8 Å². The number of nitrogens with two attached hydrogens (primary N) is 1. The first-order valence-corrected chi connectivity index (χ1v) is 14.1. The predicted molar refractivity (Wildman–Crippen MR) is 150 cm³/mol. The number of amides is 3. The third-order valence-corrected chi connectivity index (χ3v) is 8.83. The second-order valence-corrected chi connectivity index (χ2v) is 11.7. The Balaban J connectivity index is 1.36. The number of piperidine rings is 2. The van der Waals surface area contributed by atoms with Crippen LogP contribution in [0.25, 0.3) is 10.2 Å². The fraction of sp³-hybridized carbons (Fsp3) is 0.464. The number of likely N-dealkylation sites (tertiary alicyclic amines) is 2. The summed E-state index contributed by atoms with van der Waals surface area (Å²) in [5.41, 5.74) is 7.53. The summed E-state index contributed by atoms with van der Waals surface area (Å²) in [4.78, 5) is 51.3. The minimum atomic E-state index is -0.796. The number of nitrogens with zero attached hydrogens (tertiary/aromatic N) is 4. The molecule has 0 aliphatic carbocycles. The number of ether oxygens (including phenoxy) is 1. The Hall–Kier alpha value is -3.57. The number of pyridine rings is 1. The van der Waals surface area contributed by atoms with E-state index in [9.17, 15) is 14.4 Å². The van der Waals surface area contributed by atoms with Crippen LogP contribution in [0.2, 0.25) is 0 Å². The van der Waals surface area contributed by atoms with Crippen molar-refractivity contribution in [1.29, 1.82) is 0 Å². The zero-order chi connectivity index (χ0) is 27.7. The molecule has 5 rings (SSSR count). The zero-order valence-electron chi connectivity index (χ0n) is 22.5. The van der Waals surface area contributed by atoms with Crippen molar-refractivity contribution in [3.8, 4) is 5.88 Å². The second-order valence-electron chi connectivity index (χ2n) is 10.6. The normalized spacial score (nSPS) is 22.0. The van der Waals surface area contributed by atoms with Crippen LogP contribution in [-0.2, 0) is 9.59 Å². The van der Waals surface area contributed by atoms with Gasteiger partial charge in [0.25, 0.3) is 5.91 Å². The van der Waals surface area contributed by atoms with Gasteiger partial charge in [-0.1, -0.05) is 13.0 Å². The fourth-order valence-corrected chi connectivity index (χ4v) is 6.68. The van der Waals surface area contributed by atoms with Crippen LogP contribution in [0, 0.1) is 5.92 Å². The lowest BCUT2D eigenvalue weighted by Crippen LogP contribution is -2.46. The summed E-state index contributed by atoms with van der Waals surface area (Å²) >= 11 is 1.75. The molecule has 3 N–H and O–H groups in total. The summed E-state index contributed by atoms with van der Waals surface area (Å²) in [7, 11) is 3.53. The first kappa shape index (κ1) is 27.0. The van der Waals surface area contributed by atoms with Gasteiger partial charge in [-0.15, -0.1) is 11.3 Å².